The molecule has 0 amide bonds. The first kappa shape index (κ1) is 46.1. The zero-order valence-electron chi connectivity index (χ0n) is 26.1. The molecule has 0 aromatic heterocycles. The Morgan fingerprint density at radius 2 is 0.574 bits per heavy atom. The van der Waals surface area contributed by atoms with E-state index in [0.29, 0.717) is 37.8 Å². The van der Waals surface area contributed by atoms with Crippen molar-refractivity contribution in [1.82, 2.24) is 0 Å². The topological polar surface area (TPSA) is 9.23 Å². The quantitative estimate of drug-likeness (QED) is 0.0606. The van der Waals surface area contributed by atoms with Crippen molar-refractivity contribution >= 4 is 16.6 Å². The van der Waals surface area contributed by atoms with Crippen molar-refractivity contribution in [2.75, 3.05) is 0 Å². The second kappa shape index (κ2) is 16.0. The average molecular weight is 767 g/mol. The highest BCUT2D eigenvalue weighted by molar-refractivity contribution is 6.84. The predicted molar refractivity (Wildman–Crippen MR) is 143 cm³/mol. The molecule has 284 valence electrons. The van der Waals surface area contributed by atoms with Crippen molar-refractivity contribution < 1.29 is 83.1 Å². The Balaban J connectivity index is 4.47. The van der Waals surface area contributed by atoms with Crippen LogP contribution in [0.1, 0.15) is 77.0 Å². The summed E-state index contributed by atoms with van der Waals surface area (Å²) in [6, 6.07) is 1.17. The van der Waals surface area contributed by atoms with Gasteiger partial charge in [-0.2, -0.15) is 79.0 Å². The third-order valence-electron chi connectivity index (χ3n) is 7.51. The van der Waals surface area contributed by atoms with Crippen LogP contribution < -0.4 is 0 Å². The van der Waals surface area contributed by atoms with Crippen LogP contribution in [0.2, 0.25) is 38.3 Å². The largest absolute Gasteiger partial charge is 0.460 e. The Hall–Kier alpha value is -0.866. The van der Waals surface area contributed by atoms with E-state index in [4.69, 9.17) is 4.12 Å². The molecule has 0 aliphatic carbocycles. The maximum absolute atomic E-state index is 13.6. The van der Waals surface area contributed by atoms with Gasteiger partial charge >= 0.3 is 47.9 Å². The number of unbranched alkanes of at least 4 members (excludes halogenated alkanes) is 8. The van der Waals surface area contributed by atoms with Gasteiger partial charge in [-0.3, -0.25) is 0 Å². The normalized spacial score (nSPS) is 15.4. The highest BCUT2D eigenvalue weighted by Gasteiger charge is 2.82. The van der Waals surface area contributed by atoms with Gasteiger partial charge in [-0.1, -0.05) is 51.4 Å². The average Bonchev–Trinajstić information content (AvgIpc) is 2.84. The zero-order valence-corrected chi connectivity index (χ0v) is 28.1. The van der Waals surface area contributed by atoms with E-state index in [1.54, 1.807) is 0 Å². The van der Waals surface area contributed by atoms with E-state index >= 15 is 0 Å². The smallest absolute Gasteiger partial charge is 0.455 e. The van der Waals surface area contributed by atoms with Gasteiger partial charge < -0.3 is 4.12 Å². The Bertz CT molecular complexity index is 871. The summed E-state index contributed by atoms with van der Waals surface area (Å²) in [5.74, 6) is -38.2. The fourth-order valence-electron chi connectivity index (χ4n) is 4.84. The molecule has 0 saturated carbocycles. The Morgan fingerprint density at radius 3 is 0.830 bits per heavy atom. The van der Waals surface area contributed by atoms with Gasteiger partial charge in [0, 0.05) is 12.8 Å². The number of hydrogen-bond acceptors (Lipinski definition) is 1. The first-order chi connectivity index (χ1) is 20.6. The van der Waals surface area contributed by atoms with Crippen molar-refractivity contribution in [3.05, 3.63) is 0 Å². The van der Waals surface area contributed by atoms with Crippen LogP contribution in [0.25, 0.3) is 0 Å². The maximum Gasteiger partial charge on any atom is 0.460 e. The third kappa shape index (κ3) is 12.2. The lowest BCUT2D eigenvalue weighted by Crippen LogP contribution is -2.60. The van der Waals surface area contributed by atoms with Gasteiger partial charge in [0.2, 0.25) is 0 Å². The van der Waals surface area contributed by atoms with E-state index in [0.717, 1.165) is 0 Å². The molecule has 0 saturated heterocycles. The van der Waals surface area contributed by atoms with Crippen LogP contribution in [-0.2, 0) is 4.12 Å². The third-order valence-corrected chi connectivity index (χ3v) is 15.0. The Morgan fingerprint density at radius 1 is 0.340 bits per heavy atom. The van der Waals surface area contributed by atoms with E-state index < -0.39 is 90.2 Å². The predicted octanol–water partition coefficient (Wildman–Crippen LogP) is 13.0. The highest BCUT2D eigenvalue weighted by Crippen LogP contribution is 2.55. The van der Waals surface area contributed by atoms with E-state index in [1.165, 1.54) is 0 Å². The second-order valence-electron chi connectivity index (χ2n) is 12.9. The van der Waals surface area contributed by atoms with Crippen LogP contribution in [0.5, 0.6) is 0 Å². The lowest BCUT2D eigenvalue weighted by molar-refractivity contribution is -0.396. The van der Waals surface area contributed by atoms with Crippen molar-refractivity contribution in [2.24, 2.45) is 0 Å². The number of hydrogen-bond donors (Lipinski definition) is 0. The van der Waals surface area contributed by atoms with E-state index in [-0.39, 0.29) is 25.7 Å². The van der Waals surface area contributed by atoms with Gasteiger partial charge in [0.25, 0.3) is 0 Å². The lowest BCUT2D eigenvalue weighted by atomic mass is 9.98. The van der Waals surface area contributed by atoms with Gasteiger partial charge in [-0.25, -0.2) is 0 Å². The Kier molecular flexibility index (Phi) is 15.7. The zero-order chi connectivity index (χ0) is 37.6. The molecule has 0 N–H and O–H groups in total. The first-order valence-electron chi connectivity index (χ1n) is 14.7. The second-order valence-corrected chi connectivity index (χ2v) is 21.7. The minimum absolute atomic E-state index is 0.119. The SMILES string of the molecule is C[Si](C)(CCCCCCCC(F)(F)C(F)(F)C(F)(F)C(F)(F)F)O[Si](C)(C)CCCCCCCC(F)(F)C(F)(F)C(F)(F)C(F)(F)F. The summed E-state index contributed by atoms with van der Waals surface area (Å²) >= 11 is 0. The van der Waals surface area contributed by atoms with Gasteiger partial charge in [-0.05, 0) is 51.1 Å². The van der Waals surface area contributed by atoms with Gasteiger partial charge in [0.1, 0.15) is 0 Å². The Labute approximate surface area is 263 Å². The standard InChI is InChI=1S/C26H40F18OSi2/c1-46(2,17-13-9-5-7-11-15-19(27,28)21(31,32)23(35,36)25(39,40)41)45-47(3,4)18-14-10-6-8-12-16-20(29,30)22(33,34)24(37,38)26(42,43)44/h5-18H2,1-4H3. The van der Waals surface area contributed by atoms with Crippen LogP contribution >= 0.6 is 0 Å². The van der Waals surface area contributed by atoms with E-state index in [2.05, 4.69) is 0 Å². The molecule has 0 heterocycles. The molecule has 0 bridgehead atoms. The molecule has 0 unspecified atom stereocenters. The van der Waals surface area contributed by atoms with Crippen LogP contribution in [0, 0.1) is 0 Å². The van der Waals surface area contributed by atoms with Crippen molar-refractivity contribution in [1.29, 1.82) is 0 Å². The summed E-state index contributed by atoms with van der Waals surface area (Å²) in [7, 11) is -4.59. The molecule has 0 aromatic rings. The van der Waals surface area contributed by atoms with Crippen molar-refractivity contribution in [2.45, 2.75) is 163 Å². The van der Waals surface area contributed by atoms with Crippen molar-refractivity contribution in [3.63, 3.8) is 0 Å². The van der Waals surface area contributed by atoms with Crippen LogP contribution in [0.3, 0.4) is 0 Å². The minimum atomic E-state index is -6.91. The number of halogens is 18. The van der Waals surface area contributed by atoms with Crippen LogP contribution in [0.4, 0.5) is 79.0 Å². The molecular formula is C26H40F18OSi2. The summed E-state index contributed by atoms with van der Waals surface area (Å²) in [5, 5.41) is 0. The van der Waals surface area contributed by atoms with Gasteiger partial charge in [0.05, 0.1) is 0 Å². The summed E-state index contributed by atoms with van der Waals surface area (Å²) in [6.07, 6.45) is -16.8. The number of alkyl halides is 18. The molecule has 1 nitrogen and oxygen atoms in total. The molecule has 0 spiro atoms. The summed E-state index contributed by atoms with van der Waals surface area (Å²) in [5.41, 5.74) is 0. The molecule has 0 aliphatic rings. The lowest BCUT2D eigenvalue weighted by Gasteiger charge is -2.34. The summed E-state index contributed by atoms with van der Waals surface area (Å²) in [6.45, 7) is 7.57. The first-order valence-corrected chi connectivity index (χ1v) is 21.0. The number of rotatable bonds is 22. The molecule has 0 atom stereocenters. The maximum atomic E-state index is 13.6. The molecule has 0 aliphatic heterocycles. The fraction of sp³-hybridized carbons (Fsp3) is 1.00. The fourth-order valence-corrected chi connectivity index (χ4v) is 13.8. The van der Waals surface area contributed by atoms with Crippen LogP contribution in [0.15, 0.2) is 0 Å². The molecule has 0 radical (unpaired) electrons. The van der Waals surface area contributed by atoms with E-state index in [1.807, 2.05) is 26.2 Å². The summed E-state index contributed by atoms with van der Waals surface area (Å²) in [4.78, 5) is 0. The van der Waals surface area contributed by atoms with E-state index in [9.17, 15) is 79.0 Å². The molecule has 47 heavy (non-hydrogen) atoms. The molecule has 21 heteroatoms. The monoisotopic (exact) mass is 766 g/mol. The molecular weight excluding hydrogens is 726 g/mol. The summed E-state index contributed by atoms with van der Waals surface area (Å²) < 4.78 is 239. The molecule has 0 rings (SSSR count). The van der Waals surface area contributed by atoms with Gasteiger partial charge in [-0.15, -0.1) is 0 Å². The van der Waals surface area contributed by atoms with Crippen LogP contribution in [-0.4, -0.2) is 64.5 Å². The van der Waals surface area contributed by atoms with Gasteiger partial charge in [0.15, 0.2) is 16.6 Å². The highest BCUT2D eigenvalue weighted by atomic mass is 28.4. The van der Waals surface area contributed by atoms with Crippen molar-refractivity contribution in [3.8, 4) is 0 Å². The molecule has 0 aromatic carbocycles. The molecule has 0 fully saturated rings. The minimum Gasteiger partial charge on any atom is -0.455 e.